The summed E-state index contributed by atoms with van der Waals surface area (Å²) in [7, 11) is 6.27. The van der Waals surface area contributed by atoms with Crippen LogP contribution in [0.15, 0.2) is 30.3 Å². The van der Waals surface area contributed by atoms with E-state index in [9.17, 15) is 43.5 Å². The summed E-state index contributed by atoms with van der Waals surface area (Å²) in [6.45, 7) is 13.8. The highest BCUT2D eigenvalue weighted by Crippen LogP contribution is 2.35. The van der Waals surface area contributed by atoms with Crippen molar-refractivity contribution in [2.24, 2.45) is 23.7 Å². The molecule has 0 aromatic heterocycles. The van der Waals surface area contributed by atoms with Gasteiger partial charge in [-0.25, -0.2) is 4.79 Å². The van der Waals surface area contributed by atoms with Crippen LogP contribution in [0.2, 0.25) is 0 Å². The number of likely N-dealkylation sites (tertiary alicyclic amines) is 2. The van der Waals surface area contributed by atoms with Gasteiger partial charge in [-0.15, -0.1) is 11.8 Å². The van der Waals surface area contributed by atoms with Crippen LogP contribution in [0.25, 0.3) is 0 Å². The molecule has 0 radical (unpaired) electrons. The van der Waals surface area contributed by atoms with E-state index in [-0.39, 0.29) is 78.2 Å². The minimum Gasteiger partial charge on any atom is -0.480 e. The van der Waals surface area contributed by atoms with Crippen LogP contribution in [0, 0.1) is 23.7 Å². The number of imide groups is 1. The normalized spacial score (nSPS) is 20.9. The standard InChI is InChI=1S/C57H92N6O11S/c1-12-38(6)51(44(73-10)34-47(65)62-32-24-29-43(62)52(74-11)39(7)53(67)58-42(57(71)72)33-40-25-18-16-19-26-40)61(9)56(70)49(36(2)3)59-54(68)50(37(4)5)60(8)46(64)30-22-17-23-31-63-48(66)35-45(55(63)69)75-41-27-20-14-13-15-21-28-41/h16,18-19,25-26,36-39,41-45,49-52H,12-15,17,20-24,27-35H2,1-11H3,(H,58,67)(H,59,68)(H,71,72)/t38-,39+,42-,43-,44+,45?,49-,50?,51-,52+/m0/s1. The van der Waals surface area contributed by atoms with Gasteiger partial charge < -0.3 is 39.9 Å². The Balaban J connectivity index is 1.36. The first-order valence-corrected chi connectivity index (χ1v) is 28.9. The zero-order valence-electron chi connectivity index (χ0n) is 47.1. The fourth-order valence-electron chi connectivity index (χ4n) is 11.4. The third kappa shape index (κ3) is 17.7. The number of carbonyl (C=O) groups excluding carboxylic acids is 7. The van der Waals surface area contributed by atoms with Crippen LogP contribution in [0.5, 0.6) is 0 Å². The van der Waals surface area contributed by atoms with E-state index in [1.807, 2.05) is 59.7 Å². The van der Waals surface area contributed by atoms with Crippen LogP contribution in [-0.4, -0.2) is 166 Å². The Kier molecular flexibility index (Phi) is 26.0. The Morgan fingerprint density at radius 2 is 1.45 bits per heavy atom. The summed E-state index contributed by atoms with van der Waals surface area (Å²) in [6.07, 6.45) is 10.9. The van der Waals surface area contributed by atoms with Crippen LogP contribution < -0.4 is 10.6 Å². The van der Waals surface area contributed by atoms with Crippen molar-refractivity contribution in [3.8, 4) is 0 Å². The van der Waals surface area contributed by atoms with E-state index >= 15 is 0 Å². The molecule has 2 aliphatic heterocycles. The molecule has 2 heterocycles. The van der Waals surface area contributed by atoms with E-state index in [4.69, 9.17) is 9.47 Å². The molecule has 3 N–H and O–H groups in total. The van der Waals surface area contributed by atoms with E-state index in [0.29, 0.717) is 56.9 Å². The van der Waals surface area contributed by atoms with Crippen LogP contribution in [0.3, 0.4) is 0 Å². The first-order valence-electron chi connectivity index (χ1n) is 27.9. The van der Waals surface area contributed by atoms with Gasteiger partial charge in [0.1, 0.15) is 18.1 Å². The number of benzene rings is 1. The van der Waals surface area contributed by atoms with Gasteiger partial charge in [0.2, 0.25) is 41.4 Å². The van der Waals surface area contributed by atoms with Crippen LogP contribution in [0.1, 0.15) is 157 Å². The van der Waals surface area contributed by atoms with Crippen molar-refractivity contribution in [1.29, 1.82) is 0 Å². The number of aliphatic carboxylic acids is 1. The molecule has 1 aliphatic carbocycles. The van der Waals surface area contributed by atoms with Gasteiger partial charge in [-0.2, -0.15) is 0 Å². The van der Waals surface area contributed by atoms with E-state index in [1.165, 1.54) is 56.1 Å². The summed E-state index contributed by atoms with van der Waals surface area (Å²) in [6, 6.07) is 4.99. The summed E-state index contributed by atoms with van der Waals surface area (Å²) in [5, 5.41) is 15.8. The Hall–Kier alpha value is -4.55. The van der Waals surface area contributed by atoms with Gasteiger partial charge in [0.15, 0.2) is 0 Å². The van der Waals surface area contributed by atoms with E-state index in [0.717, 1.165) is 18.4 Å². The molecule has 4 rings (SSSR count). The molecule has 0 bridgehead atoms. The number of thioether (sulfide) groups is 1. The minimum absolute atomic E-state index is 0.0790. The zero-order chi connectivity index (χ0) is 55.5. The molecular formula is C57H92N6O11S. The van der Waals surface area contributed by atoms with E-state index < -0.39 is 66.1 Å². The zero-order valence-corrected chi connectivity index (χ0v) is 47.9. The first-order chi connectivity index (χ1) is 35.7. The number of carbonyl (C=O) groups is 8. The van der Waals surface area contributed by atoms with Gasteiger partial charge in [0.05, 0.1) is 41.9 Å². The molecular weight excluding hydrogens is 977 g/mol. The molecule has 75 heavy (non-hydrogen) atoms. The Morgan fingerprint density at radius 1 is 0.800 bits per heavy atom. The average molecular weight is 1070 g/mol. The average Bonchev–Trinajstić information content (AvgIpc) is 3.95. The predicted octanol–water partition coefficient (Wildman–Crippen LogP) is 6.88. The molecule has 422 valence electrons. The van der Waals surface area contributed by atoms with Crippen molar-refractivity contribution in [2.75, 3.05) is 41.4 Å². The Labute approximate surface area is 452 Å². The maximum Gasteiger partial charge on any atom is 0.326 e. The molecule has 17 nitrogen and oxygen atoms in total. The highest BCUT2D eigenvalue weighted by atomic mass is 32.2. The molecule has 1 aromatic rings. The Morgan fingerprint density at radius 3 is 2.04 bits per heavy atom. The molecule has 2 saturated heterocycles. The number of nitrogens with zero attached hydrogens (tertiary/aromatic N) is 4. The SMILES string of the molecule is CC[C@H](C)[C@@H]([C@@H](CC(=O)N1CCC[C@H]1[C@H](OC)[C@@H](C)C(=O)N[C@@H](Cc1ccccc1)C(=O)O)OC)N(C)C(=O)[C@@H](NC(=O)C(C(C)C)N(C)C(=O)CCCCCN1C(=O)CC(SC2CCCCCCC2)C1=O)C(C)C. The monoisotopic (exact) mass is 1070 g/mol. The van der Waals surface area contributed by atoms with Crippen molar-refractivity contribution in [2.45, 2.75) is 211 Å². The van der Waals surface area contributed by atoms with Crippen LogP contribution in [-0.2, 0) is 54.3 Å². The van der Waals surface area contributed by atoms with Gasteiger partial charge >= 0.3 is 5.97 Å². The summed E-state index contributed by atoms with van der Waals surface area (Å²) in [4.78, 5) is 115. The van der Waals surface area contributed by atoms with Gasteiger partial charge in [-0.3, -0.25) is 38.5 Å². The van der Waals surface area contributed by atoms with Crippen molar-refractivity contribution in [3.63, 3.8) is 0 Å². The second-order valence-corrected chi connectivity index (χ2v) is 23.6. The molecule has 3 fully saturated rings. The Bertz CT molecular complexity index is 2030. The van der Waals surface area contributed by atoms with E-state index in [1.54, 1.807) is 54.7 Å². The number of amides is 7. The van der Waals surface area contributed by atoms with Crippen LogP contribution >= 0.6 is 11.8 Å². The first kappa shape index (κ1) is 63.0. The second-order valence-electron chi connectivity index (χ2n) is 22.1. The lowest BCUT2D eigenvalue weighted by atomic mass is 9.89. The number of rotatable bonds is 29. The number of hydrogen-bond donors (Lipinski definition) is 3. The van der Waals surface area contributed by atoms with Crippen molar-refractivity contribution in [3.05, 3.63) is 35.9 Å². The summed E-state index contributed by atoms with van der Waals surface area (Å²) < 4.78 is 12.0. The number of unbranched alkanes of at least 4 members (excludes halogenated alkanes) is 2. The number of nitrogens with one attached hydrogen (secondary N) is 2. The molecule has 1 saturated carbocycles. The fourth-order valence-corrected chi connectivity index (χ4v) is 12.9. The second kappa shape index (κ2) is 31.0. The lowest BCUT2D eigenvalue weighted by molar-refractivity contribution is -0.149. The van der Waals surface area contributed by atoms with Crippen LogP contribution in [0.4, 0.5) is 0 Å². The number of hydrogen-bond acceptors (Lipinski definition) is 11. The number of methoxy groups -OCH3 is 2. The minimum atomic E-state index is -1.16. The maximum atomic E-state index is 14.7. The van der Waals surface area contributed by atoms with Crippen molar-refractivity contribution >= 4 is 59.1 Å². The number of carboxylic acids is 1. The van der Waals surface area contributed by atoms with Gasteiger partial charge in [-0.1, -0.05) is 124 Å². The van der Waals surface area contributed by atoms with Crippen molar-refractivity contribution < 1.29 is 52.9 Å². The molecule has 7 amide bonds. The smallest absolute Gasteiger partial charge is 0.326 e. The van der Waals surface area contributed by atoms with Gasteiger partial charge in [-0.05, 0) is 61.8 Å². The number of ether oxygens (including phenoxy) is 2. The summed E-state index contributed by atoms with van der Waals surface area (Å²) >= 11 is 1.69. The predicted molar refractivity (Wildman–Crippen MR) is 291 cm³/mol. The quantitative estimate of drug-likeness (QED) is 0.0554. The topological polar surface area (TPSA) is 212 Å². The number of carboxylic acid groups (broad SMARTS) is 1. The number of likely N-dealkylation sites (N-methyl/N-ethyl adjacent to an activating group) is 2. The fraction of sp³-hybridized carbons (Fsp3) is 0.754. The lowest BCUT2D eigenvalue weighted by Crippen LogP contribution is -2.60. The molecule has 1 aromatic carbocycles. The third-order valence-corrected chi connectivity index (χ3v) is 17.5. The molecule has 18 heteroatoms. The molecule has 0 spiro atoms. The van der Waals surface area contributed by atoms with E-state index in [2.05, 4.69) is 10.6 Å². The highest BCUT2D eigenvalue weighted by molar-refractivity contribution is 8.01. The third-order valence-electron chi connectivity index (χ3n) is 16.0. The summed E-state index contributed by atoms with van der Waals surface area (Å²) in [5.41, 5.74) is 0.765. The highest BCUT2D eigenvalue weighted by Gasteiger charge is 2.44. The van der Waals surface area contributed by atoms with Crippen molar-refractivity contribution in [1.82, 2.24) is 30.2 Å². The molecule has 3 aliphatic rings. The maximum absolute atomic E-state index is 14.7. The lowest BCUT2D eigenvalue weighted by Gasteiger charge is -2.41. The summed E-state index contributed by atoms with van der Waals surface area (Å²) in [5.74, 6) is -4.70. The molecule has 2 unspecified atom stereocenters. The molecule has 10 atom stereocenters. The van der Waals surface area contributed by atoms with Gasteiger partial charge in [0.25, 0.3) is 0 Å². The van der Waals surface area contributed by atoms with Gasteiger partial charge in [0, 0.05) is 65.9 Å². The largest absolute Gasteiger partial charge is 0.480 e.